The van der Waals surface area contributed by atoms with Gasteiger partial charge < -0.3 is 14.3 Å². The number of fused-ring (bicyclic) bond motifs is 1. The quantitative estimate of drug-likeness (QED) is 0.865. The van der Waals surface area contributed by atoms with E-state index in [0.717, 1.165) is 17.1 Å². The zero-order valence-electron chi connectivity index (χ0n) is 13.4. The SMILES string of the molecule is CC(C)(C)[Si](C)(C)Oc1ccc2c(c1)OCC(C(=O)O)C2. The Kier molecular flexibility index (Phi) is 4.06. The second kappa shape index (κ2) is 5.37. The molecule has 1 aliphatic heterocycles. The Labute approximate surface area is 127 Å². The summed E-state index contributed by atoms with van der Waals surface area (Å²) in [5.41, 5.74) is 0.941. The lowest BCUT2D eigenvalue weighted by atomic mass is 9.97. The van der Waals surface area contributed by atoms with Crippen molar-refractivity contribution in [2.75, 3.05) is 6.61 Å². The molecule has 0 saturated carbocycles. The number of rotatable bonds is 3. The Morgan fingerprint density at radius 3 is 2.62 bits per heavy atom. The lowest BCUT2D eigenvalue weighted by Gasteiger charge is -2.36. The number of hydrogen-bond donors (Lipinski definition) is 1. The third-order valence-electron chi connectivity index (χ3n) is 4.47. The van der Waals surface area contributed by atoms with Crippen LogP contribution in [0.15, 0.2) is 18.2 Å². The summed E-state index contributed by atoms with van der Waals surface area (Å²) >= 11 is 0. The van der Waals surface area contributed by atoms with Gasteiger partial charge >= 0.3 is 5.97 Å². The Morgan fingerprint density at radius 2 is 2.05 bits per heavy atom. The third kappa shape index (κ3) is 3.40. The van der Waals surface area contributed by atoms with E-state index in [1.54, 1.807) is 0 Å². The van der Waals surface area contributed by atoms with E-state index in [4.69, 9.17) is 14.3 Å². The lowest BCUT2D eigenvalue weighted by Crippen LogP contribution is -2.43. The molecule has 1 heterocycles. The number of carbonyl (C=O) groups is 1. The first kappa shape index (κ1) is 15.9. The van der Waals surface area contributed by atoms with E-state index in [1.165, 1.54) is 0 Å². The first-order chi connectivity index (χ1) is 9.60. The fraction of sp³-hybridized carbons (Fsp3) is 0.562. The highest BCUT2D eigenvalue weighted by Crippen LogP contribution is 2.39. The van der Waals surface area contributed by atoms with E-state index in [-0.39, 0.29) is 11.6 Å². The fourth-order valence-corrected chi connectivity index (χ4v) is 3.04. The highest BCUT2D eigenvalue weighted by atomic mass is 28.4. The Morgan fingerprint density at radius 1 is 1.38 bits per heavy atom. The van der Waals surface area contributed by atoms with Gasteiger partial charge in [-0.3, -0.25) is 4.79 Å². The second-order valence-corrected chi connectivity index (χ2v) is 11.9. The van der Waals surface area contributed by atoms with Crippen molar-refractivity contribution in [2.24, 2.45) is 5.92 Å². The van der Waals surface area contributed by atoms with Gasteiger partial charge in [-0.05, 0) is 36.2 Å². The van der Waals surface area contributed by atoms with Gasteiger partial charge in [0, 0.05) is 6.07 Å². The van der Waals surface area contributed by atoms with Crippen LogP contribution in [0.1, 0.15) is 26.3 Å². The van der Waals surface area contributed by atoms with Gasteiger partial charge in [0.1, 0.15) is 18.1 Å². The molecule has 116 valence electrons. The molecule has 21 heavy (non-hydrogen) atoms. The van der Waals surface area contributed by atoms with Crippen LogP contribution in [0.2, 0.25) is 18.1 Å². The fourth-order valence-electron chi connectivity index (χ4n) is 2.02. The summed E-state index contributed by atoms with van der Waals surface area (Å²) < 4.78 is 11.8. The minimum atomic E-state index is -1.87. The van der Waals surface area contributed by atoms with Gasteiger partial charge in [-0.1, -0.05) is 26.8 Å². The lowest BCUT2D eigenvalue weighted by molar-refractivity contribution is -0.143. The maximum absolute atomic E-state index is 11.0. The van der Waals surface area contributed by atoms with E-state index in [9.17, 15) is 4.79 Å². The molecule has 0 fully saturated rings. The van der Waals surface area contributed by atoms with Gasteiger partial charge in [0.2, 0.25) is 8.32 Å². The van der Waals surface area contributed by atoms with Crippen LogP contribution in [0.4, 0.5) is 0 Å². The average molecular weight is 308 g/mol. The van der Waals surface area contributed by atoms with Crippen molar-refractivity contribution in [1.29, 1.82) is 0 Å². The van der Waals surface area contributed by atoms with Crippen LogP contribution < -0.4 is 9.16 Å². The largest absolute Gasteiger partial charge is 0.543 e. The maximum atomic E-state index is 11.0. The molecule has 0 bridgehead atoms. The first-order valence-corrected chi connectivity index (χ1v) is 10.2. The second-order valence-electron chi connectivity index (χ2n) is 7.18. The third-order valence-corrected chi connectivity index (χ3v) is 8.83. The monoisotopic (exact) mass is 308 g/mol. The van der Waals surface area contributed by atoms with Gasteiger partial charge in [-0.15, -0.1) is 0 Å². The Bertz CT molecular complexity index is 546. The molecule has 0 aromatic heterocycles. The van der Waals surface area contributed by atoms with Gasteiger partial charge in [0.25, 0.3) is 0 Å². The van der Waals surface area contributed by atoms with Gasteiger partial charge in [-0.25, -0.2) is 0 Å². The van der Waals surface area contributed by atoms with Crippen LogP contribution in [0, 0.1) is 5.92 Å². The zero-order chi connectivity index (χ0) is 15.8. The Balaban J connectivity index is 2.18. The number of hydrogen-bond acceptors (Lipinski definition) is 3. The maximum Gasteiger partial charge on any atom is 0.310 e. The number of carboxylic acid groups (broad SMARTS) is 1. The van der Waals surface area contributed by atoms with Crippen LogP contribution in [-0.2, 0) is 11.2 Å². The molecule has 0 radical (unpaired) electrons. The van der Waals surface area contributed by atoms with Crippen LogP contribution in [0.5, 0.6) is 11.5 Å². The summed E-state index contributed by atoms with van der Waals surface area (Å²) in [7, 11) is -1.87. The highest BCUT2D eigenvalue weighted by molar-refractivity contribution is 6.74. The molecule has 0 spiro atoms. The van der Waals surface area contributed by atoms with Crippen molar-refractivity contribution < 1.29 is 19.1 Å². The molecule has 1 aromatic carbocycles. The predicted molar refractivity (Wildman–Crippen MR) is 84.6 cm³/mol. The van der Waals surface area contributed by atoms with Crippen LogP contribution in [-0.4, -0.2) is 26.0 Å². The van der Waals surface area contributed by atoms with Crippen molar-refractivity contribution in [2.45, 2.75) is 45.3 Å². The summed E-state index contributed by atoms with van der Waals surface area (Å²) in [5, 5.41) is 9.20. The molecule has 1 aromatic rings. The van der Waals surface area contributed by atoms with Gasteiger partial charge in [0.15, 0.2) is 0 Å². The predicted octanol–water partition coefficient (Wildman–Crippen LogP) is 3.71. The molecule has 5 heteroatoms. The molecule has 1 aliphatic rings. The summed E-state index contributed by atoms with van der Waals surface area (Å²) in [6, 6.07) is 5.74. The van der Waals surface area contributed by atoms with Crippen molar-refractivity contribution in [3.63, 3.8) is 0 Å². The van der Waals surface area contributed by atoms with Crippen molar-refractivity contribution >= 4 is 14.3 Å². The van der Waals surface area contributed by atoms with Gasteiger partial charge in [-0.2, -0.15) is 0 Å². The number of carboxylic acids is 1. The summed E-state index contributed by atoms with van der Waals surface area (Å²) in [6.07, 6.45) is 0.519. The normalized spacial score (nSPS) is 18.6. The zero-order valence-corrected chi connectivity index (χ0v) is 14.4. The number of aliphatic carboxylic acids is 1. The standard InChI is InChI=1S/C16H24O4Si/c1-16(2,3)21(4,5)20-13-7-6-11-8-12(15(17)18)10-19-14(11)9-13/h6-7,9,12H,8,10H2,1-5H3,(H,17,18). The minimum Gasteiger partial charge on any atom is -0.543 e. The molecule has 4 nitrogen and oxygen atoms in total. The molecule has 0 saturated heterocycles. The average Bonchev–Trinajstić information content (AvgIpc) is 2.36. The van der Waals surface area contributed by atoms with E-state index in [1.807, 2.05) is 18.2 Å². The van der Waals surface area contributed by atoms with E-state index < -0.39 is 20.2 Å². The molecule has 1 unspecified atom stereocenters. The Hall–Kier alpha value is -1.49. The molecule has 0 aliphatic carbocycles. The first-order valence-electron chi connectivity index (χ1n) is 7.28. The molecule has 1 atom stereocenters. The smallest absolute Gasteiger partial charge is 0.310 e. The van der Waals surface area contributed by atoms with Crippen LogP contribution in [0.3, 0.4) is 0 Å². The van der Waals surface area contributed by atoms with Crippen LogP contribution in [0.25, 0.3) is 0 Å². The van der Waals surface area contributed by atoms with Crippen molar-refractivity contribution in [1.82, 2.24) is 0 Å². The molecular weight excluding hydrogens is 284 g/mol. The van der Waals surface area contributed by atoms with Crippen LogP contribution >= 0.6 is 0 Å². The summed E-state index contributed by atoms with van der Waals surface area (Å²) in [4.78, 5) is 11.0. The minimum absolute atomic E-state index is 0.137. The van der Waals surface area contributed by atoms with Crippen molar-refractivity contribution in [3.05, 3.63) is 23.8 Å². The number of ether oxygens (including phenoxy) is 1. The molecular formula is C16H24O4Si. The topological polar surface area (TPSA) is 55.8 Å². The molecule has 2 rings (SSSR count). The highest BCUT2D eigenvalue weighted by Gasteiger charge is 2.39. The van der Waals surface area contributed by atoms with E-state index in [0.29, 0.717) is 6.42 Å². The van der Waals surface area contributed by atoms with Crippen molar-refractivity contribution in [3.8, 4) is 11.5 Å². The number of benzene rings is 1. The van der Waals surface area contributed by atoms with E-state index >= 15 is 0 Å². The van der Waals surface area contributed by atoms with E-state index in [2.05, 4.69) is 33.9 Å². The summed E-state index contributed by atoms with van der Waals surface area (Å²) in [5.74, 6) is 0.310. The summed E-state index contributed by atoms with van der Waals surface area (Å²) in [6.45, 7) is 11.2. The molecule has 0 amide bonds. The molecule has 1 N–H and O–H groups in total. The van der Waals surface area contributed by atoms with Gasteiger partial charge in [0.05, 0.1) is 5.92 Å².